The van der Waals surface area contributed by atoms with E-state index in [1.165, 1.54) is 4.31 Å². The normalized spacial score (nSPS) is 26.9. The van der Waals surface area contributed by atoms with Gasteiger partial charge < -0.3 is 4.90 Å². The van der Waals surface area contributed by atoms with Crippen molar-refractivity contribution in [1.82, 2.24) is 9.21 Å². The summed E-state index contributed by atoms with van der Waals surface area (Å²) in [6.45, 7) is 3.03. The predicted octanol–water partition coefficient (Wildman–Crippen LogP) is -0.695. The average molecular weight is 338 g/mol. The molecule has 2 fully saturated rings. The largest absolute Gasteiger partial charge is 0.340 e. The Kier molecular flexibility index (Phi) is 4.94. The van der Waals surface area contributed by atoms with Crippen LogP contribution >= 0.6 is 0 Å². The van der Waals surface area contributed by atoms with E-state index in [1.54, 1.807) is 11.8 Å². The van der Waals surface area contributed by atoms with E-state index >= 15 is 0 Å². The lowest BCUT2D eigenvalue weighted by Crippen LogP contribution is -2.51. The van der Waals surface area contributed by atoms with Crippen molar-refractivity contribution in [3.05, 3.63) is 0 Å². The fourth-order valence-corrected chi connectivity index (χ4v) is 5.75. The number of nitrogens with zero attached hydrogens (tertiary/aromatic N) is 2. The Morgan fingerprint density at radius 3 is 2.29 bits per heavy atom. The third-order valence-electron chi connectivity index (χ3n) is 4.14. The number of sulfone groups is 1. The van der Waals surface area contributed by atoms with Crippen molar-refractivity contribution in [1.29, 1.82) is 0 Å². The molecule has 0 aromatic carbocycles. The Hall–Kier alpha value is -0.670. The van der Waals surface area contributed by atoms with Gasteiger partial charge in [-0.1, -0.05) is 0 Å². The number of amides is 1. The molecule has 2 saturated heterocycles. The zero-order valence-corrected chi connectivity index (χ0v) is 13.8. The molecule has 2 aliphatic rings. The van der Waals surface area contributed by atoms with Crippen LogP contribution in [0.3, 0.4) is 0 Å². The molecule has 0 radical (unpaired) electrons. The minimum atomic E-state index is -3.19. The van der Waals surface area contributed by atoms with Crippen LogP contribution in [0.2, 0.25) is 0 Å². The van der Waals surface area contributed by atoms with E-state index in [9.17, 15) is 21.6 Å². The molecule has 0 aromatic heterocycles. The van der Waals surface area contributed by atoms with Crippen molar-refractivity contribution in [2.24, 2.45) is 5.92 Å². The molecular weight excluding hydrogens is 316 g/mol. The predicted molar refractivity (Wildman–Crippen MR) is 79.0 cm³/mol. The SMILES string of the molecule is CCS(=O)(=O)N1CCN(C(=O)CC2CCS(=O)(=O)C2)CC1. The Labute approximate surface area is 126 Å². The van der Waals surface area contributed by atoms with Crippen LogP contribution in [-0.2, 0) is 24.7 Å². The second kappa shape index (κ2) is 6.21. The van der Waals surface area contributed by atoms with Crippen molar-refractivity contribution >= 4 is 25.8 Å². The third-order valence-corrected chi connectivity index (χ3v) is 7.86. The zero-order valence-electron chi connectivity index (χ0n) is 12.2. The fraction of sp³-hybridized carbons (Fsp3) is 0.917. The number of sulfonamides is 1. The lowest BCUT2D eigenvalue weighted by molar-refractivity contribution is -0.133. The number of hydrogen-bond donors (Lipinski definition) is 0. The topological polar surface area (TPSA) is 91.8 Å². The van der Waals surface area contributed by atoms with Crippen molar-refractivity contribution in [2.75, 3.05) is 43.4 Å². The van der Waals surface area contributed by atoms with Gasteiger partial charge in [0.25, 0.3) is 0 Å². The summed E-state index contributed by atoms with van der Waals surface area (Å²) < 4.78 is 47.7. The van der Waals surface area contributed by atoms with E-state index in [-0.39, 0.29) is 35.5 Å². The van der Waals surface area contributed by atoms with Crippen molar-refractivity contribution in [2.45, 2.75) is 19.8 Å². The first kappa shape index (κ1) is 16.7. The number of carbonyl (C=O) groups excluding carboxylic acids is 1. The van der Waals surface area contributed by atoms with Gasteiger partial charge in [0.15, 0.2) is 9.84 Å². The highest BCUT2D eigenvalue weighted by Gasteiger charge is 2.32. The molecule has 0 N–H and O–H groups in total. The molecule has 2 rings (SSSR count). The summed E-state index contributed by atoms with van der Waals surface area (Å²) in [4.78, 5) is 13.8. The maximum atomic E-state index is 12.2. The van der Waals surface area contributed by atoms with Gasteiger partial charge in [-0.15, -0.1) is 0 Å². The second-order valence-corrected chi connectivity index (χ2v) is 10.1. The van der Waals surface area contributed by atoms with Crippen LogP contribution in [0, 0.1) is 5.92 Å². The molecule has 0 saturated carbocycles. The van der Waals surface area contributed by atoms with Crippen LogP contribution in [0.15, 0.2) is 0 Å². The summed E-state index contributed by atoms with van der Waals surface area (Å²) in [5.74, 6) is 0.197. The molecule has 1 unspecified atom stereocenters. The molecule has 0 aliphatic carbocycles. The molecule has 9 heteroatoms. The molecule has 0 bridgehead atoms. The first-order valence-corrected chi connectivity index (χ1v) is 10.6. The summed E-state index contributed by atoms with van der Waals surface area (Å²) >= 11 is 0. The number of piperazine rings is 1. The Balaban J connectivity index is 1.84. The first-order valence-electron chi connectivity index (χ1n) is 7.19. The lowest BCUT2D eigenvalue weighted by atomic mass is 10.0. The minimum Gasteiger partial charge on any atom is -0.340 e. The highest BCUT2D eigenvalue weighted by atomic mass is 32.2. The highest BCUT2D eigenvalue weighted by Crippen LogP contribution is 2.22. The lowest BCUT2D eigenvalue weighted by Gasteiger charge is -2.34. The van der Waals surface area contributed by atoms with E-state index < -0.39 is 19.9 Å². The van der Waals surface area contributed by atoms with Crippen LogP contribution in [0.5, 0.6) is 0 Å². The maximum absolute atomic E-state index is 12.2. The average Bonchev–Trinajstić information content (AvgIpc) is 2.78. The molecule has 2 aliphatic heterocycles. The van der Waals surface area contributed by atoms with Gasteiger partial charge in [-0.2, -0.15) is 4.31 Å². The molecule has 0 aromatic rings. The summed E-state index contributed by atoms with van der Waals surface area (Å²) in [6, 6.07) is 0. The van der Waals surface area contributed by atoms with Crippen LogP contribution < -0.4 is 0 Å². The number of carbonyl (C=O) groups is 1. The monoisotopic (exact) mass is 338 g/mol. The Morgan fingerprint density at radius 1 is 1.19 bits per heavy atom. The third kappa shape index (κ3) is 4.17. The summed E-state index contributed by atoms with van der Waals surface area (Å²) in [5, 5.41) is 0. The van der Waals surface area contributed by atoms with Gasteiger partial charge in [0.2, 0.25) is 15.9 Å². The highest BCUT2D eigenvalue weighted by molar-refractivity contribution is 7.91. The molecule has 0 spiro atoms. The van der Waals surface area contributed by atoms with Gasteiger partial charge >= 0.3 is 0 Å². The molecule has 21 heavy (non-hydrogen) atoms. The standard InChI is InChI=1S/C12H22N2O5S2/c1-2-21(18,19)14-6-4-13(5-7-14)12(15)9-11-3-8-20(16,17)10-11/h11H,2-10H2,1H3. The molecule has 1 atom stereocenters. The van der Waals surface area contributed by atoms with Crippen LogP contribution in [-0.4, -0.2) is 75.4 Å². The maximum Gasteiger partial charge on any atom is 0.222 e. The van der Waals surface area contributed by atoms with Gasteiger partial charge in [0.1, 0.15) is 0 Å². The van der Waals surface area contributed by atoms with Crippen LogP contribution in [0.25, 0.3) is 0 Å². The smallest absolute Gasteiger partial charge is 0.222 e. The van der Waals surface area contributed by atoms with E-state index in [1.807, 2.05) is 0 Å². The van der Waals surface area contributed by atoms with Gasteiger partial charge in [0.05, 0.1) is 17.3 Å². The molecule has 2 heterocycles. The van der Waals surface area contributed by atoms with Crippen molar-refractivity contribution < 1.29 is 21.6 Å². The van der Waals surface area contributed by atoms with E-state index in [0.29, 0.717) is 32.6 Å². The zero-order chi connectivity index (χ0) is 15.7. The van der Waals surface area contributed by atoms with Gasteiger partial charge in [-0.05, 0) is 19.3 Å². The summed E-state index contributed by atoms with van der Waals surface area (Å²) in [6.07, 6.45) is 0.804. The second-order valence-electron chi connectivity index (χ2n) is 5.65. The van der Waals surface area contributed by atoms with E-state index in [2.05, 4.69) is 0 Å². The van der Waals surface area contributed by atoms with Gasteiger partial charge in [0, 0.05) is 32.6 Å². The first-order chi connectivity index (χ1) is 9.73. The molecule has 1 amide bonds. The number of hydrogen-bond acceptors (Lipinski definition) is 5. The molecule has 7 nitrogen and oxygen atoms in total. The van der Waals surface area contributed by atoms with Crippen LogP contribution in [0.1, 0.15) is 19.8 Å². The van der Waals surface area contributed by atoms with E-state index in [0.717, 1.165) is 0 Å². The van der Waals surface area contributed by atoms with E-state index in [4.69, 9.17) is 0 Å². The van der Waals surface area contributed by atoms with Crippen LogP contribution in [0.4, 0.5) is 0 Å². The van der Waals surface area contributed by atoms with Gasteiger partial charge in [-0.3, -0.25) is 4.79 Å². The summed E-state index contributed by atoms with van der Waals surface area (Å²) in [5.41, 5.74) is 0. The van der Waals surface area contributed by atoms with Crippen molar-refractivity contribution in [3.63, 3.8) is 0 Å². The fourth-order valence-electron chi connectivity index (χ4n) is 2.81. The molecule has 122 valence electrons. The quantitative estimate of drug-likeness (QED) is 0.676. The van der Waals surface area contributed by atoms with Gasteiger partial charge in [-0.25, -0.2) is 16.8 Å². The minimum absolute atomic E-state index is 0.0642. The summed E-state index contributed by atoms with van der Waals surface area (Å²) in [7, 11) is -6.15. The Bertz CT molecular complexity index is 591. The Morgan fingerprint density at radius 2 is 1.81 bits per heavy atom. The molecular formula is C12H22N2O5S2. The number of rotatable bonds is 4. The van der Waals surface area contributed by atoms with Crippen molar-refractivity contribution in [3.8, 4) is 0 Å².